The molecule has 0 saturated heterocycles. The molecule has 1 aromatic carbocycles. The molecule has 1 aromatic rings. The molecule has 0 saturated carbocycles. The Bertz CT molecular complexity index is 383. The van der Waals surface area contributed by atoms with Gasteiger partial charge in [0.2, 0.25) is 0 Å². The average Bonchev–Trinajstić information content (AvgIpc) is 2.28. The zero-order chi connectivity index (χ0) is 13.8. The zero-order valence-corrected chi connectivity index (χ0v) is 12.3. The Morgan fingerprint density at radius 3 is 2.44 bits per heavy atom. The minimum Gasteiger partial charge on any atom is -0.496 e. The molecule has 0 bridgehead atoms. The van der Waals surface area contributed by atoms with Gasteiger partial charge in [0.25, 0.3) is 0 Å². The van der Waals surface area contributed by atoms with E-state index in [9.17, 15) is 0 Å². The highest BCUT2D eigenvalue weighted by atomic mass is 16.5. The van der Waals surface area contributed by atoms with Crippen molar-refractivity contribution in [3.63, 3.8) is 0 Å². The van der Waals surface area contributed by atoms with Gasteiger partial charge in [-0.05, 0) is 40.8 Å². The van der Waals surface area contributed by atoms with E-state index in [1.54, 1.807) is 7.11 Å². The van der Waals surface area contributed by atoms with E-state index in [0.29, 0.717) is 6.61 Å². The quantitative estimate of drug-likeness (QED) is 0.872. The van der Waals surface area contributed by atoms with Crippen molar-refractivity contribution in [1.29, 1.82) is 0 Å². The van der Waals surface area contributed by atoms with Gasteiger partial charge in [0.15, 0.2) is 0 Å². The maximum atomic E-state index is 5.86. The lowest BCUT2D eigenvalue weighted by Gasteiger charge is -2.25. The van der Waals surface area contributed by atoms with Crippen LogP contribution < -0.4 is 10.1 Å². The molecule has 0 fully saturated rings. The molecule has 3 nitrogen and oxygen atoms in total. The van der Waals surface area contributed by atoms with E-state index in [0.717, 1.165) is 11.3 Å². The van der Waals surface area contributed by atoms with Gasteiger partial charge in [-0.3, -0.25) is 0 Å². The maximum Gasteiger partial charge on any atom is 0.123 e. The SMILES string of the molecule is CNC(COC(C)(C)C)c1cc(C)ccc1OC. The average molecular weight is 251 g/mol. The first-order valence-electron chi connectivity index (χ1n) is 6.33. The highest BCUT2D eigenvalue weighted by molar-refractivity contribution is 5.39. The monoisotopic (exact) mass is 251 g/mol. The van der Waals surface area contributed by atoms with Crippen LogP contribution in [0.15, 0.2) is 18.2 Å². The smallest absolute Gasteiger partial charge is 0.123 e. The molecular formula is C15H25NO2. The number of ether oxygens (including phenoxy) is 2. The second-order valence-electron chi connectivity index (χ2n) is 5.51. The van der Waals surface area contributed by atoms with Crippen LogP contribution in [0.5, 0.6) is 5.75 Å². The van der Waals surface area contributed by atoms with Crippen LogP contribution in [0.3, 0.4) is 0 Å². The lowest BCUT2D eigenvalue weighted by Crippen LogP contribution is -2.28. The Balaban J connectivity index is 2.90. The normalized spacial score (nSPS) is 13.4. The second kappa shape index (κ2) is 6.21. The van der Waals surface area contributed by atoms with Crippen LogP contribution in [-0.4, -0.2) is 26.4 Å². The summed E-state index contributed by atoms with van der Waals surface area (Å²) in [5.74, 6) is 0.900. The van der Waals surface area contributed by atoms with Crippen molar-refractivity contribution in [1.82, 2.24) is 5.32 Å². The first-order chi connectivity index (χ1) is 8.37. The highest BCUT2D eigenvalue weighted by Crippen LogP contribution is 2.27. The number of benzene rings is 1. The van der Waals surface area contributed by atoms with Gasteiger partial charge >= 0.3 is 0 Å². The molecule has 1 atom stereocenters. The number of likely N-dealkylation sites (N-methyl/N-ethyl adjacent to an activating group) is 1. The van der Waals surface area contributed by atoms with E-state index in [4.69, 9.17) is 9.47 Å². The molecule has 0 spiro atoms. The summed E-state index contributed by atoms with van der Waals surface area (Å²) < 4.78 is 11.3. The van der Waals surface area contributed by atoms with Crippen molar-refractivity contribution in [2.75, 3.05) is 20.8 Å². The van der Waals surface area contributed by atoms with Gasteiger partial charge in [-0.1, -0.05) is 17.7 Å². The van der Waals surface area contributed by atoms with E-state index in [1.807, 2.05) is 13.1 Å². The van der Waals surface area contributed by atoms with Crippen molar-refractivity contribution < 1.29 is 9.47 Å². The van der Waals surface area contributed by atoms with E-state index < -0.39 is 0 Å². The summed E-state index contributed by atoms with van der Waals surface area (Å²) in [6, 6.07) is 6.34. The number of methoxy groups -OCH3 is 1. The fourth-order valence-electron chi connectivity index (χ4n) is 1.79. The minimum absolute atomic E-state index is 0.133. The molecule has 0 aromatic heterocycles. The fraction of sp³-hybridized carbons (Fsp3) is 0.600. The van der Waals surface area contributed by atoms with Crippen LogP contribution >= 0.6 is 0 Å². The van der Waals surface area contributed by atoms with Gasteiger partial charge < -0.3 is 14.8 Å². The molecule has 3 heteroatoms. The first-order valence-corrected chi connectivity index (χ1v) is 6.33. The second-order valence-corrected chi connectivity index (χ2v) is 5.51. The molecule has 1 N–H and O–H groups in total. The highest BCUT2D eigenvalue weighted by Gasteiger charge is 2.18. The van der Waals surface area contributed by atoms with Gasteiger partial charge in [0.05, 0.1) is 25.4 Å². The molecule has 18 heavy (non-hydrogen) atoms. The van der Waals surface area contributed by atoms with E-state index in [1.165, 1.54) is 5.56 Å². The van der Waals surface area contributed by atoms with Gasteiger partial charge in [0.1, 0.15) is 5.75 Å². The van der Waals surface area contributed by atoms with Crippen molar-refractivity contribution in [3.05, 3.63) is 29.3 Å². The maximum absolute atomic E-state index is 5.86. The van der Waals surface area contributed by atoms with Gasteiger partial charge in [0, 0.05) is 5.56 Å². The third-order valence-electron chi connectivity index (χ3n) is 2.79. The van der Waals surface area contributed by atoms with Crippen molar-refractivity contribution >= 4 is 0 Å². The van der Waals surface area contributed by atoms with E-state index in [2.05, 4.69) is 45.1 Å². The van der Waals surface area contributed by atoms with E-state index in [-0.39, 0.29) is 11.6 Å². The van der Waals surface area contributed by atoms with Crippen LogP contribution in [-0.2, 0) is 4.74 Å². The molecule has 102 valence electrons. The summed E-state index contributed by atoms with van der Waals surface area (Å²) in [7, 11) is 3.64. The number of hydrogen-bond donors (Lipinski definition) is 1. The summed E-state index contributed by atoms with van der Waals surface area (Å²) in [5, 5.41) is 3.29. The number of aryl methyl sites for hydroxylation is 1. The topological polar surface area (TPSA) is 30.5 Å². The molecule has 0 aliphatic carbocycles. The Hall–Kier alpha value is -1.06. The summed E-state index contributed by atoms with van der Waals surface area (Å²) in [6.45, 7) is 8.90. The Morgan fingerprint density at radius 2 is 1.94 bits per heavy atom. The molecule has 0 aliphatic rings. The molecule has 0 amide bonds. The fourth-order valence-corrected chi connectivity index (χ4v) is 1.79. The van der Waals surface area contributed by atoms with Crippen molar-refractivity contribution in [2.24, 2.45) is 0 Å². The number of rotatable bonds is 5. The molecular weight excluding hydrogens is 226 g/mol. The largest absolute Gasteiger partial charge is 0.496 e. The van der Waals surface area contributed by atoms with Crippen LogP contribution in [0.4, 0.5) is 0 Å². The molecule has 1 rings (SSSR count). The lowest BCUT2D eigenvalue weighted by atomic mass is 10.0. The Labute approximate surface area is 110 Å². The predicted octanol–water partition coefficient (Wildman–Crippen LogP) is 3.08. The van der Waals surface area contributed by atoms with Crippen LogP contribution in [0.2, 0.25) is 0 Å². The molecule has 0 radical (unpaired) electrons. The summed E-state index contributed by atoms with van der Waals surface area (Å²) in [5.41, 5.74) is 2.23. The van der Waals surface area contributed by atoms with Crippen molar-refractivity contribution in [2.45, 2.75) is 39.3 Å². The summed E-state index contributed by atoms with van der Waals surface area (Å²) in [4.78, 5) is 0. The van der Waals surface area contributed by atoms with Gasteiger partial charge in [-0.25, -0.2) is 0 Å². The first kappa shape index (κ1) is 15.0. The molecule has 0 heterocycles. The summed E-state index contributed by atoms with van der Waals surface area (Å²) in [6.07, 6.45) is 0. The van der Waals surface area contributed by atoms with Crippen LogP contribution in [0.1, 0.15) is 37.9 Å². The minimum atomic E-state index is -0.133. The number of hydrogen-bond acceptors (Lipinski definition) is 3. The lowest BCUT2D eigenvalue weighted by molar-refractivity contribution is -0.0141. The Morgan fingerprint density at radius 1 is 1.28 bits per heavy atom. The standard InChI is InChI=1S/C15H25NO2/c1-11-7-8-14(17-6)12(9-11)13(16-5)10-18-15(2,3)4/h7-9,13,16H,10H2,1-6H3. The summed E-state index contributed by atoms with van der Waals surface area (Å²) >= 11 is 0. The van der Waals surface area contributed by atoms with Crippen molar-refractivity contribution in [3.8, 4) is 5.75 Å². The van der Waals surface area contributed by atoms with Gasteiger partial charge in [-0.15, -0.1) is 0 Å². The predicted molar refractivity (Wildman–Crippen MR) is 75.2 cm³/mol. The Kier molecular flexibility index (Phi) is 5.17. The van der Waals surface area contributed by atoms with Crippen LogP contribution in [0.25, 0.3) is 0 Å². The third kappa shape index (κ3) is 4.31. The van der Waals surface area contributed by atoms with Crippen LogP contribution in [0, 0.1) is 6.92 Å². The van der Waals surface area contributed by atoms with E-state index >= 15 is 0 Å². The number of nitrogens with one attached hydrogen (secondary N) is 1. The zero-order valence-electron chi connectivity index (χ0n) is 12.3. The molecule has 1 unspecified atom stereocenters. The van der Waals surface area contributed by atoms with Gasteiger partial charge in [-0.2, -0.15) is 0 Å². The third-order valence-corrected chi connectivity index (χ3v) is 2.79. The molecule has 0 aliphatic heterocycles.